The summed E-state index contributed by atoms with van der Waals surface area (Å²) in [6, 6.07) is 23.5. The van der Waals surface area contributed by atoms with Gasteiger partial charge in [-0.05, 0) is 53.8 Å². The number of ether oxygens (including phenoxy) is 3. The Labute approximate surface area is 234 Å². The Bertz CT molecular complexity index is 1360. The van der Waals surface area contributed by atoms with E-state index in [2.05, 4.69) is 44.5 Å². The third-order valence-electron chi connectivity index (χ3n) is 6.89. The lowest BCUT2D eigenvalue weighted by Gasteiger charge is -2.32. The SMILES string of the molecule is COc1ccc(CN2CCC(Oc3ccc(CNC(=O)c4ccncc4)cn3)CC2)cc1OCc1ccccc1. The summed E-state index contributed by atoms with van der Waals surface area (Å²) >= 11 is 0. The quantitative estimate of drug-likeness (QED) is 0.286. The highest BCUT2D eigenvalue weighted by Crippen LogP contribution is 2.30. The summed E-state index contributed by atoms with van der Waals surface area (Å²) in [6.07, 6.45) is 6.94. The average molecular weight is 539 g/mol. The second kappa shape index (κ2) is 13.6. The summed E-state index contributed by atoms with van der Waals surface area (Å²) in [5.41, 5.74) is 3.81. The van der Waals surface area contributed by atoms with Crippen LogP contribution >= 0.6 is 0 Å². The Kier molecular flexibility index (Phi) is 9.21. The Hall–Kier alpha value is -4.43. The maximum Gasteiger partial charge on any atom is 0.251 e. The van der Waals surface area contributed by atoms with E-state index in [1.165, 1.54) is 5.56 Å². The molecule has 1 saturated heterocycles. The highest BCUT2D eigenvalue weighted by atomic mass is 16.5. The molecule has 0 unspecified atom stereocenters. The second-order valence-electron chi connectivity index (χ2n) is 9.78. The molecule has 8 nitrogen and oxygen atoms in total. The molecule has 206 valence electrons. The normalized spacial score (nSPS) is 13.9. The molecule has 1 N–H and O–H groups in total. The zero-order valence-corrected chi connectivity index (χ0v) is 22.7. The van der Waals surface area contributed by atoms with Crippen molar-refractivity contribution in [3.63, 3.8) is 0 Å². The van der Waals surface area contributed by atoms with Crippen molar-refractivity contribution in [1.82, 2.24) is 20.2 Å². The Morgan fingerprint density at radius 3 is 2.42 bits per heavy atom. The first-order valence-corrected chi connectivity index (χ1v) is 13.5. The molecule has 1 amide bonds. The van der Waals surface area contributed by atoms with Crippen LogP contribution in [-0.4, -0.2) is 47.1 Å². The largest absolute Gasteiger partial charge is 0.493 e. The fourth-order valence-corrected chi connectivity index (χ4v) is 4.65. The van der Waals surface area contributed by atoms with E-state index >= 15 is 0 Å². The highest BCUT2D eigenvalue weighted by molar-refractivity contribution is 5.93. The monoisotopic (exact) mass is 538 g/mol. The standard InChI is InChI=1S/C32H34N4O4/c1-38-29-9-7-25(19-30(29)39-23-24-5-3-2-4-6-24)22-36-17-13-28(14-18-36)40-31-10-8-26(20-34-31)21-35-32(37)27-11-15-33-16-12-27/h2-12,15-16,19-20,28H,13-14,17-18,21-23H2,1H3,(H,35,37). The van der Waals surface area contributed by atoms with Gasteiger partial charge in [0.05, 0.1) is 7.11 Å². The lowest BCUT2D eigenvalue weighted by molar-refractivity contribution is 0.0931. The van der Waals surface area contributed by atoms with E-state index in [0.29, 0.717) is 24.6 Å². The first kappa shape index (κ1) is 27.1. The molecule has 0 spiro atoms. The molecule has 0 bridgehead atoms. The number of hydrogen-bond donors (Lipinski definition) is 1. The van der Waals surface area contributed by atoms with Crippen LogP contribution in [0.25, 0.3) is 0 Å². The van der Waals surface area contributed by atoms with E-state index in [0.717, 1.165) is 55.1 Å². The smallest absolute Gasteiger partial charge is 0.251 e. The summed E-state index contributed by atoms with van der Waals surface area (Å²) in [7, 11) is 1.67. The van der Waals surface area contributed by atoms with Gasteiger partial charge in [0.15, 0.2) is 11.5 Å². The number of nitrogens with zero attached hydrogens (tertiary/aromatic N) is 3. The molecule has 1 aliphatic heterocycles. The number of methoxy groups -OCH3 is 1. The molecule has 4 aromatic rings. The number of carbonyl (C=O) groups is 1. The predicted octanol–water partition coefficient (Wildman–Crippen LogP) is 5.04. The Morgan fingerprint density at radius 2 is 1.70 bits per heavy atom. The van der Waals surface area contributed by atoms with Crippen molar-refractivity contribution in [2.24, 2.45) is 0 Å². The first-order chi connectivity index (χ1) is 19.7. The number of pyridine rings is 2. The van der Waals surface area contributed by atoms with Gasteiger partial charge in [-0.15, -0.1) is 0 Å². The van der Waals surface area contributed by atoms with Crippen LogP contribution in [0.5, 0.6) is 17.4 Å². The van der Waals surface area contributed by atoms with E-state index in [1.54, 1.807) is 37.8 Å². The third kappa shape index (κ3) is 7.57. The van der Waals surface area contributed by atoms with Gasteiger partial charge in [-0.1, -0.05) is 42.5 Å². The van der Waals surface area contributed by atoms with Gasteiger partial charge in [0.2, 0.25) is 5.88 Å². The van der Waals surface area contributed by atoms with E-state index in [4.69, 9.17) is 14.2 Å². The molecule has 0 atom stereocenters. The topological polar surface area (TPSA) is 85.8 Å². The summed E-state index contributed by atoms with van der Waals surface area (Å²) in [6.45, 7) is 3.62. The fourth-order valence-electron chi connectivity index (χ4n) is 4.65. The molecule has 1 aliphatic rings. The van der Waals surface area contributed by atoms with Crippen LogP contribution in [-0.2, 0) is 19.7 Å². The zero-order valence-electron chi connectivity index (χ0n) is 22.7. The average Bonchev–Trinajstić information content (AvgIpc) is 3.01. The summed E-state index contributed by atoms with van der Waals surface area (Å²) < 4.78 is 17.8. The fraction of sp³-hybridized carbons (Fsp3) is 0.281. The van der Waals surface area contributed by atoms with Crippen molar-refractivity contribution in [1.29, 1.82) is 0 Å². The first-order valence-electron chi connectivity index (χ1n) is 13.5. The van der Waals surface area contributed by atoms with Gasteiger partial charge in [-0.25, -0.2) is 4.98 Å². The minimum absolute atomic E-state index is 0.127. The molecule has 0 radical (unpaired) electrons. The molecule has 3 heterocycles. The van der Waals surface area contributed by atoms with Crippen LogP contribution in [0.15, 0.2) is 91.4 Å². The number of hydrogen-bond acceptors (Lipinski definition) is 7. The maximum atomic E-state index is 12.2. The van der Waals surface area contributed by atoms with Crippen molar-refractivity contribution >= 4 is 5.91 Å². The zero-order chi connectivity index (χ0) is 27.6. The molecule has 2 aromatic carbocycles. The van der Waals surface area contributed by atoms with E-state index < -0.39 is 0 Å². The molecule has 1 fully saturated rings. The van der Waals surface area contributed by atoms with Crippen LogP contribution in [0, 0.1) is 0 Å². The molecular weight excluding hydrogens is 504 g/mol. The van der Waals surface area contributed by atoms with Gasteiger partial charge >= 0.3 is 0 Å². The van der Waals surface area contributed by atoms with Gasteiger partial charge < -0.3 is 19.5 Å². The number of piperidine rings is 1. The van der Waals surface area contributed by atoms with Gasteiger partial charge in [0.1, 0.15) is 12.7 Å². The summed E-state index contributed by atoms with van der Waals surface area (Å²) in [5, 5.41) is 2.90. The van der Waals surface area contributed by atoms with E-state index in [-0.39, 0.29) is 12.0 Å². The number of nitrogens with one attached hydrogen (secondary N) is 1. The summed E-state index contributed by atoms with van der Waals surface area (Å²) in [5.74, 6) is 1.97. The van der Waals surface area contributed by atoms with Crippen molar-refractivity contribution in [2.45, 2.75) is 38.6 Å². The lowest BCUT2D eigenvalue weighted by Crippen LogP contribution is -2.37. The van der Waals surface area contributed by atoms with Crippen molar-refractivity contribution < 1.29 is 19.0 Å². The molecule has 0 saturated carbocycles. The number of likely N-dealkylation sites (tertiary alicyclic amines) is 1. The van der Waals surface area contributed by atoms with E-state index in [9.17, 15) is 4.79 Å². The number of carbonyl (C=O) groups excluding carboxylic acids is 1. The lowest BCUT2D eigenvalue weighted by atomic mass is 10.1. The van der Waals surface area contributed by atoms with Crippen LogP contribution in [0.1, 0.15) is 39.9 Å². The van der Waals surface area contributed by atoms with Crippen LogP contribution in [0.2, 0.25) is 0 Å². The molecule has 5 rings (SSSR count). The van der Waals surface area contributed by atoms with Gasteiger partial charge in [0.25, 0.3) is 5.91 Å². The van der Waals surface area contributed by atoms with Gasteiger partial charge in [0, 0.05) is 56.4 Å². The minimum atomic E-state index is -0.139. The predicted molar refractivity (Wildman–Crippen MR) is 152 cm³/mol. The Morgan fingerprint density at radius 1 is 0.925 bits per heavy atom. The van der Waals surface area contributed by atoms with Crippen molar-refractivity contribution in [2.75, 3.05) is 20.2 Å². The van der Waals surface area contributed by atoms with Crippen LogP contribution in [0.4, 0.5) is 0 Å². The number of amides is 1. The minimum Gasteiger partial charge on any atom is -0.493 e. The number of rotatable bonds is 11. The molecule has 8 heteroatoms. The maximum absolute atomic E-state index is 12.2. The van der Waals surface area contributed by atoms with Crippen molar-refractivity contribution in [3.05, 3.63) is 114 Å². The van der Waals surface area contributed by atoms with Crippen LogP contribution in [0.3, 0.4) is 0 Å². The molecule has 0 aliphatic carbocycles. The molecule has 2 aromatic heterocycles. The molecular formula is C32H34N4O4. The number of aromatic nitrogens is 2. The second-order valence-corrected chi connectivity index (χ2v) is 9.78. The van der Waals surface area contributed by atoms with Gasteiger partial charge in [-0.2, -0.15) is 0 Å². The van der Waals surface area contributed by atoms with Gasteiger partial charge in [-0.3, -0.25) is 14.7 Å². The molecule has 40 heavy (non-hydrogen) atoms. The Balaban J connectivity index is 1.07. The van der Waals surface area contributed by atoms with E-state index in [1.807, 2.05) is 36.4 Å². The number of benzene rings is 2. The summed E-state index contributed by atoms with van der Waals surface area (Å²) in [4.78, 5) is 23.0. The van der Waals surface area contributed by atoms with Crippen molar-refractivity contribution in [3.8, 4) is 17.4 Å². The third-order valence-corrected chi connectivity index (χ3v) is 6.89. The highest BCUT2D eigenvalue weighted by Gasteiger charge is 2.21. The van der Waals surface area contributed by atoms with Crippen LogP contribution < -0.4 is 19.5 Å².